The number of likely N-dealkylation sites (tertiary alicyclic amines) is 1. The maximum absolute atomic E-state index is 10.9. The number of aliphatic hydroxyl groups is 2. The van der Waals surface area contributed by atoms with E-state index in [1.807, 2.05) is 0 Å². The Bertz CT molecular complexity index is 291. The maximum atomic E-state index is 10.9. The molecule has 1 heterocycles. The summed E-state index contributed by atoms with van der Waals surface area (Å²) in [6.45, 7) is 7.23. The molecule has 0 saturated carbocycles. The van der Waals surface area contributed by atoms with Gasteiger partial charge < -0.3 is 25.6 Å². The Morgan fingerprint density at radius 2 is 1.90 bits per heavy atom. The molecule has 1 aliphatic rings. The van der Waals surface area contributed by atoms with Gasteiger partial charge in [0.1, 0.15) is 6.10 Å². The van der Waals surface area contributed by atoms with Crippen molar-refractivity contribution in [2.45, 2.75) is 38.9 Å². The van der Waals surface area contributed by atoms with Crippen molar-refractivity contribution in [1.82, 2.24) is 4.90 Å². The number of β-amino-alcohol motifs (C(OH)–C–C–N with tert-alkyl or cyclic N) is 1. The fourth-order valence-corrected chi connectivity index (χ4v) is 2.47. The van der Waals surface area contributed by atoms with Crippen LogP contribution in [-0.4, -0.2) is 66.1 Å². The molecular formula is C14H28N2O4. The number of carbonyl (C=O) groups excluding carboxylic acids is 1. The van der Waals surface area contributed by atoms with Crippen LogP contribution in [0, 0.1) is 11.8 Å². The van der Waals surface area contributed by atoms with Crippen molar-refractivity contribution in [3.63, 3.8) is 0 Å². The minimum absolute atomic E-state index is 0.0573. The fraction of sp³-hybridized carbons (Fsp3) is 0.929. The van der Waals surface area contributed by atoms with Gasteiger partial charge in [0.25, 0.3) is 0 Å². The zero-order valence-corrected chi connectivity index (χ0v) is 12.5. The van der Waals surface area contributed by atoms with Gasteiger partial charge in [0, 0.05) is 13.2 Å². The number of nitrogens with zero attached hydrogens (tertiary/aromatic N) is 1. The van der Waals surface area contributed by atoms with E-state index in [1.165, 1.54) is 0 Å². The molecule has 1 saturated heterocycles. The van der Waals surface area contributed by atoms with E-state index >= 15 is 0 Å². The number of hydrogen-bond donors (Lipinski definition) is 3. The molecule has 1 amide bonds. The Balaban J connectivity index is 2.20. The van der Waals surface area contributed by atoms with Crippen LogP contribution in [0.5, 0.6) is 0 Å². The Morgan fingerprint density at radius 1 is 1.30 bits per heavy atom. The van der Waals surface area contributed by atoms with Crippen LogP contribution in [0.2, 0.25) is 0 Å². The third-order valence-corrected chi connectivity index (χ3v) is 3.60. The molecule has 0 radical (unpaired) electrons. The highest BCUT2D eigenvalue weighted by molar-refractivity contribution is 5.78. The first-order chi connectivity index (χ1) is 9.40. The van der Waals surface area contributed by atoms with E-state index in [-0.39, 0.29) is 5.92 Å². The quantitative estimate of drug-likeness (QED) is 0.564. The van der Waals surface area contributed by atoms with Crippen molar-refractivity contribution in [2.24, 2.45) is 17.6 Å². The molecule has 1 rings (SSSR count). The molecular weight excluding hydrogens is 260 g/mol. The number of ether oxygens (including phenoxy) is 1. The summed E-state index contributed by atoms with van der Waals surface area (Å²) in [5, 5.41) is 19.5. The predicted octanol–water partition coefficient (Wildman–Crippen LogP) is -0.422. The molecule has 0 aliphatic carbocycles. The van der Waals surface area contributed by atoms with Crippen LogP contribution in [0.4, 0.5) is 0 Å². The molecule has 0 unspecified atom stereocenters. The van der Waals surface area contributed by atoms with Crippen LogP contribution in [0.25, 0.3) is 0 Å². The molecule has 1 aliphatic heterocycles. The zero-order chi connectivity index (χ0) is 15.1. The summed E-state index contributed by atoms with van der Waals surface area (Å²) in [6.07, 6.45) is -0.0873. The highest BCUT2D eigenvalue weighted by atomic mass is 16.5. The molecule has 1 fully saturated rings. The minimum Gasteiger partial charge on any atom is -0.389 e. The van der Waals surface area contributed by atoms with Crippen molar-refractivity contribution in [2.75, 3.05) is 32.8 Å². The lowest BCUT2D eigenvalue weighted by Gasteiger charge is -2.34. The number of nitrogens with two attached hydrogens (primary N) is 1. The molecule has 20 heavy (non-hydrogen) atoms. The molecule has 0 aromatic heterocycles. The van der Waals surface area contributed by atoms with Gasteiger partial charge >= 0.3 is 0 Å². The van der Waals surface area contributed by atoms with E-state index in [2.05, 4.69) is 18.7 Å². The van der Waals surface area contributed by atoms with Crippen molar-refractivity contribution >= 4 is 5.91 Å². The van der Waals surface area contributed by atoms with E-state index in [4.69, 9.17) is 10.5 Å². The van der Waals surface area contributed by atoms with Gasteiger partial charge in [-0.25, -0.2) is 0 Å². The van der Waals surface area contributed by atoms with Crippen LogP contribution in [0.15, 0.2) is 0 Å². The zero-order valence-electron chi connectivity index (χ0n) is 12.5. The van der Waals surface area contributed by atoms with Gasteiger partial charge in [0.2, 0.25) is 5.91 Å². The number of amides is 1. The number of carbonyl (C=O) groups is 1. The van der Waals surface area contributed by atoms with Crippen LogP contribution in [-0.2, 0) is 9.53 Å². The van der Waals surface area contributed by atoms with E-state index < -0.39 is 18.1 Å². The summed E-state index contributed by atoms with van der Waals surface area (Å²) in [7, 11) is 0. The number of rotatable bonds is 8. The number of hydrogen-bond acceptors (Lipinski definition) is 5. The molecule has 6 heteroatoms. The molecule has 0 aromatic carbocycles. The molecule has 118 valence electrons. The van der Waals surface area contributed by atoms with E-state index in [0.29, 0.717) is 25.7 Å². The smallest absolute Gasteiger partial charge is 0.246 e. The van der Waals surface area contributed by atoms with Crippen LogP contribution >= 0.6 is 0 Å². The van der Waals surface area contributed by atoms with Gasteiger partial charge in [0.15, 0.2) is 0 Å². The molecule has 6 nitrogen and oxygen atoms in total. The summed E-state index contributed by atoms with van der Waals surface area (Å²) >= 11 is 0. The van der Waals surface area contributed by atoms with Gasteiger partial charge in [-0.3, -0.25) is 4.79 Å². The van der Waals surface area contributed by atoms with Crippen molar-refractivity contribution in [3.05, 3.63) is 0 Å². The Labute approximate surface area is 120 Å². The van der Waals surface area contributed by atoms with Crippen molar-refractivity contribution in [3.8, 4) is 0 Å². The SMILES string of the molecule is CC(C)COC[C@H](O)CN1CCC([C@H](O)C(N)=O)CC1. The largest absolute Gasteiger partial charge is 0.389 e. The average Bonchev–Trinajstić information content (AvgIpc) is 2.38. The second kappa shape index (κ2) is 8.56. The van der Waals surface area contributed by atoms with Crippen LogP contribution < -0.4 is 5.73 Å². The monoisotopic (exact) mass is 288 g/mol. The van der Waals surface area contributed by atoms with Gasteiger partial charge in [-0.2, -0.15) is 0 Å². The summed E-state index contributed by atoms with van der Waals surface area (Å²) in [4.78, 5) is 13.1. The third-order valence-electron chi connectivity index (χ3n) is 3.60. The van der Waals surface area contributed by atoms with E-state index in [0.717, 1.165) is 25.9 Å². The Hall–Kier alpha value is -0.690. The molecule has 4 N–H and O–H groups in total. The number of piperidine rings is 1. The van der Waals surface area contributed by atoms with Crippen LogP contribution in [0.1, 0.15) is 26.7 Å². The normalized spacial score (nSPS) is 21.1. The topological polar surface area (TPSA) is 96.0 Å². The summed E-state index contributed by atoms with van der Waals surface area (Å²) in [6, 6.07) is 0. The first kappa shape index (κ1) is 17.4. The van der Waals surface area contributed by atoms with Crippen molar-refractivity contribution in [1.29, 1.82) is 0 Å². The highest BCUT2D eigenvalue weighted by Gasteiger charge is 2.28. The summed E-state index contributed by atoms with van der Waals surface area (Å²) in [5.74, 6) is -0.239. The molecule has 0 bridgehead atoms. The van der Waals surface area contributed by atoms with E-state index in [1.54, 1.807) is 0 Å². The van der Waals surface area contributed by atoms with Crippen LogP contribution in [0.3, 0.4) is 0 Å². The standard InChI is InChI=1S/C14H28N2O4/c1-10(2)8-20-9-12(17)7-16-5-3-11(4-6-16)13(18)14(15)19/h10-13,17-18H,3-9H2,1-2H3,(H2,15,19)/t12-,13+/m1/s1. The fourth-order valence-electron chi connectivity index (χ4n) is 2.47. The molecule has 2 atom stereocenters. The lowest BCUT2D eigenvalue weighted by atomic mass is 9.91. The number of aliphatic hydroxyl groups excluding tert-OH is 2. The van der Waals surface area contributed by atoms with Crippen molar-refractivity contribution < 1.29 is 19.7 Å². The maximum Gasteiger partial charge on any atom is 0.246 e. The average molecular weight is 288 g/mol. The van der Waals surface area contributed by atoms with Gasteiger partial charge in [-0.05, 0) is 37.8 Å². The predicted molar refractivity (Wildman–Crippen MR) is 76.0 cm³/mol. The molecule has 0 aromatic rings. The summed E-state index contributed by atoms with van der Waals surface area (Å²) < 4.78 is 5.41. The highest BCUT2D eigenvalue weighted by Crippen LogP contribution is 2.20. The van der Waals surface area contributed by atoms with Gasteiger partial charge in [-0.1, -0.05) is 13.8 Å². The molecule has 0 spiro atoms. The van der Waals surface area contributed by atoms with Gasteiger partial charge in [0.05, 0.1) is 12.7 Å². The Kier molecular flexibility index (Phi) is 7.43. The second-order valence-corrected chi connectivity index (χ2v) is 6.07. The van der Waals surface area contributed by atoms with Gasteiger partial charge in [-0.15, -0.1) is 0 Å². The Morgan fingerprint density at radius 3 is 2.40 bits per heavy atom. The first-order valence-electron chi connectivity index (χ1n) is 7.35. The summed E-state index contributed by atoms with van der Waals surface area (Å²) in [5.41, 5.74) is 5.10. The third kappa shape index (κ3) is 6.17. The lowest BCUT2D eigenvalue weighted by Crippen LogP contribution is -2.45. The lowest BCUT2D eigenvalue weighted by molar-refractivity contribution is -0.129. The van der Waals surface area contributed by atoms with E-state index in [9.17, 15) is 15.0 Å². The number of primary amides is 1. The first-order valence-corrected chi connectivity index (χ1v) is 7.35. The minimum atomic E-state index is -1.04. The second-order valence-electron chi connectivity index (χ2n) is 6.07.